The fourth-order valence-electron chi connectivity index (χ4n) is 3.89. The maximum atomic E-state index is 12.4. The number of carbonyl (C=O) groups excluding carboxylic acids is 1. The minimum Gasteiger partial charge on any atom is -0.375 e. The van der Waals surface area contributed by atoms with Gasteiger partial charge in [0.25, 0.3) is 0 Å². The van der Waals surface area contributed by atoms with E-state index in [-0.39, 0.29) is 5.91 Å². The highest BCUT2D eigenvalue weighted by atomic mass is 16.5. The number of aromatic nitrogens is 4. The summed E-state index contributed by atoms with van der Waals surface area (Å²) in [6.07, 6.45) is 4.98. The second-order valence-corrected chi connectivity index (χ2v) is 7.23. The summed E-state index contributed by atoms with van der Waals surface area (Å²) < 4.78 is 7.26. The first kappa shape index (κ1) is 16.3. The van der Waals surface area contributed by atoms with Crippen molar-refractivity contribution < 1.29 is 9.53 Å². The first-order chi connectivity index (χ1) is 13.1. The molecular formula is C19H20N6O2. The molecule has 2 fully saturated rings. The SMILES string of the molecule is Cn1cc(-c2ccc3cnc(NC(=O)CN4C[C@@H]5C[C@H]4CO5)cc3c2)nn1. The predicted molar refractivity (Wildman–Crippen MR) is 100 cm³/mol. The van der Waals surface area contributed by atoms with E-state index in [1.807, 2.05) is 37.5 Å². The molecule has 8 nitrogen and oxygen atoms in total. The van der Waals surface area contributed by atoms with E-state index in [2.05, 4.69) is 25.5 Å². The number of aryl methyl sites for hydroxylation is 1. The van der Waals surface area contributed by atoms with Gasteiger partial charge in [0.15, 0.2) is 0 Å². The van der Waals surface area contributed by atoms with Crippen molar-refractivity contribution in [2.24, 2.45) is 7.05 Å². The van der Waals surface area contributed by atoms with Gasteiger partial charge in [-0.05, 0) is 23.9 Å². The molecule has 8 heteroatoms. The highest BCUT2D eigenvalue weighted by Gasteiger charge is 2.39. The number of pyridine rings is 1. The fourth-order valence-corrected chi connectivity index (χ4v) is 3.89. The van der Waals surface area contributed by atoms with Crippen LogP contribution in [0.4, 0.5) is 5.82 Å². The molecule has 5 rings (SSSR count). The smallest absolute Gasteiger partial charge is 0.239 e. The third-order valence-electron chi connectivity index (χ3n) is 5.25. The number of carbonyl (C=O) groups is 1. The first-order valence-corrected chi connectivity index (χ1v) is 9.06. The van der Waals surface area contributed by atoms with Crippen molar-refractivity contribution in [3.63, 3.8) is 0 Å². The molecule has 27 heavy (non-hydrogen) atoms. The monoisotopic (exact) mass is 364 g/mol. The van der Waals surface area contributed by atoms with Crippen LogP contribution < -0.4 is 5.32 Å². The number of ether oxygens (including phenoxy) is 1. The summed E-state index contributed by atoms with van der Waals surface area (Å²) in [4.78, 5) is 19.0. The van der Waals surface area contributed by atoms with Crippen LogP contribution >= 0.6 is 0 Å². The lowest BCUT2D eigenvalue weighted by Crippen LogP contribution is -2.41. The zero-order valence-corrected chi connectivity index (χ0v) is 15.0. The zero-order valence-electron chi connectivity index (χ0n) is 15.0. The molecule has 138 valence electrons. The van der Waals surface area contributed by atoms with Crippen LogP contribution in [0.2, 0.25) is 0 Å². The van der Waals surface area contributed by atoms with Crippen LogP contribution in [0.5, 0.6) is 0 Å². The number of hydrogen-bond donors (Lipinski definition) is 1. The maximum Gasteiger partial charge on any atom is 0.239 e. The number of amides is 1. The topological polar surface area (TPSA) is 85.2 Å². The number of hydrogen-bond acceptors (Lipinski definition) is 6. The molecule has 2 aromatic heterocycles. The molecule has 2 aliphatic heterocycles. The number of rotatable bonds is 4. The van der Waals surface area contributed by atoms with Crippen molar-refractivity contribution in [3.05, 3.63) is 36.7 Å². The van der Waals surface area contributed by atoms with E-state index < -0.39 is 0 Å². The van der Waals surface area contributed by atoms with Gasteiger partial charge < -0.3 is 10.1 Å². The van der Waals surface area contributed by atoms with E-state index in [1.54, 1.807) is 10.9 Å². The summed E-state index contributed by atoms with van der Waals surface area (Å²) in [5.41, 5.74) is 1.79. The lowest BCUT2D eigenvalue weighted by molar-refractivity contribution is -0.118. The maximum absolute atomic E-state index is 12.4. The van der Waals surface area contributed by atoms with Crippen LogP contribution in [-0.2, 0) is 16.6 Å². The van der Waals surface area contributed by atoms with E-state index in [4.69, 9.17) is 4.74 Å². The van der Waals surface area contributed by atoms with Crippen LogP contribution in [0.3, 0.4) is 0 Å². The summed E-state index contributed by atoms with van der Waals surface area (Å²) in [6, 6.07) is 8.30. The molecule has 2 bridgehead atoms. The van der Waals surface area contributed by atoms with Gasteiger partial charge in [-0.1, -0.05) is 17.3 Å². The minimum atomic E-state index is -0.0421. The van der Waals surface area contributed by atoms with Crippen LogP contribution in [0, 0.1) is 0 Å². The Bertz CT molecular complexity index is 1020. The standard InChI is InChI=1S/C19H20N6O2/c1-24-9-17(22-23-24)12-2-3-13-7-20-18(5-14(13)4-12)21-19(26)10-25-8-16-6-15(25)11-27-16/h2-5,7,9,15-16H,6,8,10-11H2,1H3,(H,20,21,26)/t15-,16-/m0/s1. The van der Waals surface area contributed by atoms with Crippen LogP contribution in [0.1, 0.15) is 6.42 Å². The number of fused-ring (bicyclic) bond motifs is 3. The van der Waals surface area contributed by atoms with Crippen molar-refractivity contribution in [3.8, 4) is 11.3 Å². The van der Waals surface area contributed by atoms with Gasteiger partial charge in [0, 0.05) is 36.8 Å². The van der Waals surface area contributed by atoms with E-state index in [1.165, 1.54) is 0 Å². The van der Waals surface area contributed by atoms with Crippen molar-refractivity contribution >= 4 is 22.5 Å². The molecule has 2 atom stereocenters. The first-order valence-electron chi connectivity index (χ1n) is 9.06. The number of nitrogens with zero attached hydrogens (tertiary/aromatic N) is 5. The summed E-state index contributed by atoms with van der Waals surface area (Å²) >= 11 is 0. The van der Waals surface area contributed by atoms with Gasteiger partial charge in [0.2, 0.25) is 5.91 Å². The molecule has 0 spiro atoms. The number of benzene rings is 1. The van der Waals surface area contributed by atoms with Crippen LogP contribution in [0.15, 0.2) is 36.7 Å². The van der Waals surface area contributed by atoms with Gasteiger partial charge in [-0.2, -0.15) is 0 Å². The average molecular weight is 364 g/mol. The molecule has 0 aliphatic carbocycles. The summed E-state index contributed by atoms with van der Waals surface area (Å²) in [5.74, 6) is 0.517. The minimum absolute atomic E-state index is 0.0421. The lowest BCUT2D eigenvalue weighted by Gasteiger charge is -2.25. The second-order valence-electron chi connectivity index (χ2n) is 7.23. The molecular weight excluding hydrogens is 344 g/mol. The van der Waals surface area contributed by atoms with Gasteiger partial charge in [-0.15, -0.1) is 5.10 Å². The highest BCUT2D eigenvalue weighted by Crippen LogP contribution is 2.27. The summed E-state index contributed by atoms with van der Waals surface area (Å²) in [6.45, 7) is 1.95. The Hall–Kier alpha value is -2.84. The van der Waals surface area contributed by atoms with Gasteiger partial charge in [0.1, 0.15) is 11.5 Å². The summed E-state index contributed by atoms with van der Waals surface area (Å²) in [7, 11) is 1.84. The Balaban J connectivity index is 1.33. The third kappa shape index (κ3) is 3.17. The Kier molecular flexibility index (Phi) is 3.87. The molecule has 1 aromatic carbocycles. The molecule has 4 heterocycles. The van der Waals surface area contributed by atoms with Crippen molar-refractivity contribution in [2.45, 2.75) is 18.6 Å². The van der Waals surface area contributed by atoms with Crippen molar-refractivity contribution in [2.75, 3.05) is 25.0 Å². The van der Waals surface area contributed by atoms with E-state index in [9.17, 15) is 4.79 Å². The molecule has 2 saturated heterocycles. The normalized spacial score (nSPS) is 21.8. The highest BCUT2D eigenvalue weighted by molar-refractivity contribution is 5.94. The van der Waals surface area contributed by atoms with Gasteiger partial charge >= 0.3 is 0 Å². The Morgan fingerprint density at radius 2 is 2.26 bits per heavy atom. The molecule has 1 amide bonds. The quantitative estimate of drug-likeness (QED) is 0.754. The van der Waals surface area contributed by atoms with Crippen LogP contribution in [0.25, 0.3) is 22.0 Å². The van der Waals surface area contributed by atoms with Crippen molar-refractivity contribution in [1.29, 1.82) is 0 Å². The Labute approximate surface area is 156 Å². The molecule has 2 aliphatic rings. The van der Waals surface area contributed by atoms with Gasteiger partial charge in [0.05, 0.1) is 25.5 Å². The van der Waals surface area contributed by atoms with E-state index >= 15 is 0 Å². The zero-order chi connectivity index (χ0) is 18.4. The fraction of sp³-hybridized carbons (Fsp3) is 0.368. The number of anilines is 1. The summed E-state index contributed by atoms with van der Waals surface area (Å²) in [5, 5.41) is 13.1. The Morgan fingerprint density at radius 1 is 1.33 bits per heavy atom. The predicted octanol–water partition coefficient (Wildman–Crippen LogP) is 1.44. The van der Waals surface area contributed by atoms with Gasteiger partial charge in [-0.3, -0.25) is 14.4 Å². The number of likely N-dealkylation sites (tertiary alicyclic amines) is 1. The van der Waals surface area contributed by atoms with Gasteiger partial charge in [-0.25, -0.2) is 4.98 Å². The molecule has 0 saturated carbocycles. The molecule has 3 aromatic rings. The number of nitrogens with one attached hydrogen (secondary N) is 1. The second kappa shape index (κ2) is 6.40. The van der Waals surface area contributed by atoms with Crippen molar-refractivity contribution in [1.82, 2.24) is 24.9 Å². The third-order valence-corrected chi connectivity index (χ3v) is 5.25. The average Bonchev–Trinajstić information content (AvgIpc) is 3.38. The Morgan fingerprint density at radius 3 is 3.00 bits per heavy atom. The molecule has 0 unspecified atom stereocenters. The molecule has 1 N–H and O–H groups in total. The van der Waals surface area contributed by atoms with Crippen LogP contribution in [-0.4, -0.2) is 62.6 Å². The van der Waals surface area contributed by atoms with E-state index in [0.717, 1.165) is 41.6 Å². The number of morpholine rings is 1. The lowest BCUT2D eigenvalue weighted by atomic mass is 10.1. The largest absolute Gasteiger partial charge is 0.375 e. The molecule has 0 radical (unpaired) electrons. The van der Waals surface area contributed by atoms with E-state index in [0.29, 0.717) is 24.5 Å².